The van der Waals surface area contributed by atoms with Gasteiger partial charge in [-0.05, 0) is 74.4 Å². The first-order valence-corrected chi connectivity index (χ1v) is 11.4. The molecule has 1 N–H and O–H groups in total. The summed E-state index contributed by atoms with van der Waals surface area (Å²) in [5.41, 5.74) is 1.75. The molecule has 9 heteroatoms. The summed E-state index contributed by atoms with van der Waals surface area (Å²) in [4.78, 5) is 12.8. The van der Waals surface area contributed by atoms with Gasteiger partial charge >= 0.3 is 6.18 Å². The first-order chi connectivity index (χ1) is 15.4. The van der Waals surface area contributed by atoms with E-state index in [0.29, 0.717) is 0 Å². The van der Waals surface area contributed by atoms with Gasteiger partial charge in [0.1, 0.15) is 6.54 Å². The predicted octanol–water partition coefficient (Wildman–Crippen LogP) is 5.46. The van der Waals surface area contributed by atoms with Crippen molar-refractivity contribution >= 4 is 27.3 Å². The number of rotatable bonds is 6. The lowest BCUT2D eigenvalue weighted by Crippen LogP contribution is -2.38. The molecular formula is C24H23F3N2O3S. The lowest BCUT2D eigenvalue weighted by Gasteiger charge is -2.25. The highest BCUT2D eigenvalue weighted by Crippen LogP contribution is 2.31. The van der Waals surface area contributed by atoms with Gasteiger partial charge in [0, 0.05) is 5.69 Å². The molecule has 0 atom stereocenters. The standard InChI is InChI=1S/C24H23F3N2O3S/c1-16-7-9-22(10-8-16)33(31,32)29(21-12-17(2)11-18(3)13-21)15-23(30)28-20-6-4-5-19(14-20)24(25,26)27/h4-14H,15H2,1-3H3,(H,28,30). The third kappa shape index (κ3) is 5.92. The average Bonchev–Trinajstić information content (AvgIpc) is 2.71. The van der Waals surface area contributed by atoms with E-state index in [-0.39, 0.29) is 16.3 Å². The molecule has 0 saturated heterocycles. The summed E-state index contributed by atoms with van der Waals surface area (Å²) in [6, 6.07) is 15.5. The minimum absolute atomic E-state index is 0.000807. The molecule has 0 aliphatic carbocycles. The van der Waals surface area contributed by atoms with Crippen molar-refractivity contribution in [2.45, 2.75) is 31.8 Å². The topological polar surface area (TPSA) is 66.5 Å². The van der Waals surface area contributed by atoms with Crippen LogP contribution in [0, 0.1) is 20.8 Å². The van der Waals surface area contributed by atoms with Gasteiger partial charge in [-0.25, -0.2) is 8.42 Å². The SMILES string of the molecule is Cc1ccc(S(=O)(=O)N(CC(=O)Nc2cccc(C(F)(F)F)c2)c2cc(C)cc(C)c2)cc1. The number of nitrogens with one attached hydrogen (secondary N) is 1. The number of aryl methyl sites for hydroxylation is 3. The molecule has 0 fully saturated rings. The van der Waals surface area contributed by atoms with Crippen molar-refractivity contribution in [2.24, 2.45) is 0 Å². The quantitative estimate of drug-likeness (QED) is 0.514. The van der Waals surface area contributed by atoms with E-state index in [0.717, 1.165) is 33.1 Å². The highest BCUT2D eigenvalue weighted by atomic mass is 32.2. The Balaban J connectivity index is 1.96. The minimum Gasteiger partial charge on any atom is -0.325 e. The monoisotopic (exact) mass is 476 g/mol. The van der Waals surface area contributed by atoms with Crippen LogP contribution in [-0.2, 0) is 21.0 Å². The Morgan fingerprint density at radius 2 is 1.48 bits per heavy atom. The maximum atomic E-state index is 13.4. The molecule has 3 rings (SSSR count). The molecular weight excluding hydrogens is 453 g/mol. The maximum Gasteiger partial charge on any atom is 0.416 e. The van der Waals surface area contributed by atoms with Gasteiger partial charge in [0.05, 0.1) is 16.1 Å². The summed E-state index contributed by atoms with van der Waals surface area (Å²) in [5, 5.41) is 2.37. The van der Waals surface area contributed by atoms with E-state index in [2.05, 4.69) is 5.32 Å². The molecule has 0 unspecified atom stereocenters. The molecule has 0 aliphatic rings. The van der Waals surface area contributed by atoms with Crippen molar-refractivity contribution in [1.82, 2.24) is 0 Å². The Bertz CT molecular complexity index is 1250. The van der Waals surface area contributed by atoms with E-state index < -0.39 is 34.2 Å². The largest absolute Gasteiger partial charge is 0.416 e. The summed E-state index contributed by atoms with van der Waals surface area (Å²) in [6.07, 6.45) is -4.57. The van der Waals surface area contributed by atoms with Gasteiger partial charge < -0.3 is 5.32 Å². The highest BCUT2D eigenvalue weighted by Gasteiger charge is 2.31. The van der Waals surface area contributed by atoms with Gasteiger partial charge in [0.2, 0.25) is 5.91 Å². The first kappa shape index (κ1) is 24.3. The molecule has 0 spiro atoms. The van der Waals surface area contributed by atoms with Crippen molar-refractivity contribution in [3.63, 3.8) is 0 Å². The number of halogens is 3. The highest BCUT2D eigenvalue weighted by molar-refractivity contribution is 7.92. The summed E-state index contributed by atoms with van der Waals surface area (Å²) >= 11 is 0. The molecule has 0 saturated carbocycles. The second-order valence-corrected chi connectivity index (χ2v) is 9.66. The second-order valence-electron chi connectivity index (χ2n) is 7.80. The Morgan fingerprint density at radius 3 is 2.06 bits per heavy atom. The molecule has 1 amide bonds. The summed E-state index contributed by atoms with van der Waals surface area (Å²) in [5.74, 6) is -0.774. The van der Waals surface area contributed by atoms with Gasteiger partial charge in [0.25, 0.3) is 10.0 Å². The number of hydrogen-bond acceptors (Lipinski definition) is 3. The fraction of sp³-hybridized carbons (Fsp3) is 0.208. The fourth-order valence-electron chi connectivity index (χ4n) is 3.35. The molecule has 0 heterocycles. The van der Waals surface area contributed by atoms with Gasteiger partial charge in [-0.15, -0.1) is 0 Å². The Labute approximate surface area is 190 Å². The molecule has 0 aliphatic heterocycles. The number of carbonyl (C=O) groups is 1. The molecule has 3 aromatic carbocycles. The van der Waals surface area contributed by atoms with Crippen molar-refractivity contribution in [2.75, 3.05) is 16.2 Å². The van der Waals surface area contributed by atoms with Crippen LogP contribution in [0.15, 0.2) is 71.6 Å². The van der Waals surface area contributed by atoms with Crippen LogP contribution in [0.2, 0.25) is 0 Å². The predicted molar refractivity (Wildman–Crippen MR) is 122 cm³/mol. The Kier molecular flexibility index (Phi) is 6.83. The van der Waals surface area contributed by atoms with E-state index in [1.54, 1.807) is 38.1 Å². The maximum absolute atomic E-state index is 13.4. The summed E-state index contributed by atoms with van der Waals surface area (Å²) in [7, 11) is -4.13. The molecule has 33 heavy (non-hydrogen) atoms. The number of sulfonamides is 1. The zero-order valence-corrected chi connectivity index (χ0v) is 19.1. The summed E-state index contributed by atoms with van der Waals surface area (Å²) in [6.45, 7) is 4.81. The number of carbonyl (C=O) groups excluding carboxylic acids is 1. The van der Waals surface area contributed by atoms with Gasteiger partial charge in [0.15, 0.2) is 0 Å². The van der Waals surface area contributed by atoms with Crippen LogP contribution >= 0.6 is 0 Å². The van der Waals surface area contributed by atoms with Crippen LogP contribution < -0.4 is 9.62 Å². The Hall–Kier alpha value is -3.33. The summed E-state index contributed by atoms with van der Waals surface area (Å²) < 4.78 is 66.8. The smallest absolute Gasteiger partial charge is 0.325 e. The number of nitrogens with zero attached hydrogens (tertiary/aromatic N) is 1. The fourth-order valence-corrected chi connectivity index (χ4v) is 4.76. The van der Waals surface area contributed by atoms with Gasteiger partial charge in [-0.3, -0.25) is 9.10 Å². The van der Waals surface area contributed by atoms with Crippen LogP contribution in [0.5, 0.6) is 0 Å². The molecule has 0 bridgehead atoms. The van der Waals surface area contributed by atoms with Crippen LogP contribution in [0.3, 0.4) is 0 Å². The lowest BCUT2D eigenvalue weighted by molar-refractivity contribution is -0.137. The average molecular weight is 477 g/mol. The van der Waals surface area contributed by atoms with Crippen LogP contribution in [-0.4, -0.2) is 20.9 Å². The van der Waals surface area contributed by atoms with E-state index in [4.69, 9.17) is 0 Å². The van der Waals surface area contributed by atoms with Crippen molar-refractivity contribution in [3.8, 4) is 0 Å². The van der Waals surface area contributed by atoms with E-state index in [1.165, 1.54) is 24.3 Å². The van der Waals surface area contributed by atoms with E-state index in [9.17, 15) is 26.4 Å². The lowest BCUT2D eigenvalue weighted by atomic mass is 10.1. The molecule has 0 aromatic heterocycles. The third-order valence-corrected chi connectivity index (χ3v) is 6.65. The number of benzene rings is 3. The van der Waals surface area contributed by atoms with E-state index >= 15 is 0 Å². The molecule has 3 aromatic rings. The van der Waals surface area contributed by atoms with Crippen LogP contribution in [0.25, 0.3) is 0 Å². The Morgan fingerprint density at radius 1 is 0.879 bits per heavy atom. The number of anilines is 2. The van der Waals surface area contributed by atoms with Crippen molar-refractivity contribution < 1.29 is 26.4 Å². The number of amides is 1. The van der Waals surface area contributed by atoms with Crippen molar-refractivity contribution in [1.29, 1.82) is 0 Å². The zero-order valence-electron chi connectivity index (χ0n) is 18.3. The number of alkyl halides is 3. The van der Waals surface area contributed by atoms with Gasteiger partial charge in [-0.1, -0.05) is 29.8 Å². The normalized spacial score (nSPS) is 11.8. The van der Waals surface area contributed by atoms with Gasteiger partial charge in [-0.2, -0.15) is 13.2 Å². The third-order valence-electron chi connectivity index (χ3n) is 4.86. The minimum atomic E-state index is -4.57. The number of hydrogen-bond donors (Lipinski definition) is 1. The first-order valence-electron chi connectivity index (χ1n) is 10.0. The van der Waals surface area contributed by atoms with Crippen LogP contribution in [0.1, 0.15) is 22.3 Å². The molecule has 174 valence electrons. The van der Waals surface area contributed by atoms with Crippen molar-refractivity contribution in [3.05, 3.63) is 89.0 Å². The van der Waals surface area contributed by atoms with Crippen LogP contribution in [0.4, 0.5) is 24.5 Å². The van der Waals surface area contributed by atoms with E-state index in [1.807, 2.05) is 13.0 Å². The molecule has 0 radical (unpaired) electrons. The second kappa shape index (κ2) is 9.27. The zero-order chi connectivity index (χ0) is 24.4. The molecule has 5 nitrogen and oxygen atoms in total.